The molecule has 92 heavy (non-hydrogen) atoms. The molecule has 0 N–H and O–H groups in total. The number of para-hydroxylation sites is 8. The van der Waals surface area contributed by atoms with Crippen molar-refractivity contribution in [3.05, 3.63) is 327 Å². The number of nitrogens with zero attached hydrogens (tertiary/aromatic N) is 6. The van der Waals surface area contributed by atoms with E-state index in [4.69, 9.17) is 0 Å². The van der Waals surface area contributed by atoms with E-state index in [0.29, 0.717) is 11.4 Å². The average Bonchev–Trinajstić information content (AvgIpc) is 0.693. The van der Waals surface area contributed by atoms with E-state index in [-0.39, 0.29) is 24.6 Å². The van der Waals surface area contributed by atoms with Crippen LogP contribution in [0.4, 0.5) is 120 Å². The number of halogens is 4. The van der Waals surface area contributed by atoms with Crippen molar-refractivity contribution >= 4 is 149 Å². The van der Waals surface area contributed by atoms with E-state index in [2.05, 4.69) is 211 Å². The zero-order valence-electron chi connectivity index (χ0n) is 49.5. The molecule has 17 rings (SSSR count). The summed E-state index contributed by atoms with van der Waals surface area (Å²) in [4.78, 5) is 13.8. The number of hydrogen-bond donors (Lipinski definition) is 0. The van der Waals surface area contributed by atoms with Crippen LogP contribution < -0.4 is 62.2 Å². The van der Waals surface area contributed by atoms with Crippen molar-refractivity contribution in [1.82, 2.24) is 0 Å². The number of fused-ring (bicyclic) bond motifs is 8. The highest BCUT2D eigenvalue weighted by Crippen LogP contribution is 2.52. The summed E-state index contributed by atoms with van der Waals surface area (Å²) in [6.45, 7) is -0.730. The van der Waals surface area contributed by atoms with Crippen molar-refractivity contribution in [1.29, 1.82) is 0 Å². The highest BCUT2D eigenvalue weighted by Gasteiger charge is 2.49. The van der Waals surface area contributed by atoms with E-state index in [1.807, 2.05) is 109 Å². The summed E-state index contributed by atoms with van der Waals surface area (Å²) in [5.41, 5.74) is 22.4. The number of hydrogen-bond acceptors (Lipinski definition) is 6. The van der Waals surface area contributed by atoms with Crippen molar-refractivity contribution in [2.75, 3.05) is 29.4 Å². The van der Waals surface area contributed by atoms with Gasteiger partial charge in [0.25, 0.3) is 26.3 Å². The van der Waals surface area contributed by atoms with Gasteiger partial charge < -0.3 is 29.4 Å². The second-order valence-electron chi connectivity index (χ2n) is 23.6. The molecule has 0 spiro atoms. The summed E-state index contributed by atoms with van der Waals surface area (Å²) in [6, 6.07) is 107. The Morgan fingerprint density at radius 2 is 0.500 bits per heavy atom. The zero-order chi connectivity index (χ0) is 61.6. The minimum Gasteiger partial charge on any atom is -0.311 e. The molecular weight excluding hydrogens is 1140 g/mol. The maximum absolute atomic E-state index is 14.9. The lowest BCUT2D eigenvalue weighted by atomic mass is 9.30. The number of benzene rings is 13. The van der Waals surface area contributed by atoms with Crippen LogP contribution in [0.1, 0.15) is 24.0 Å². The largest absolute Gasteiger partial charge is 0.311 e. The quantitative estimate of drug-likeness (QED) is 0.0891. The molecule has 0 bridgehead atoms. The smallest absolute Gasteiger partial charge is 0.263 e. The van der Waals surface area contributed by atoms with Gasteiger partial charge in [-0.2, -0.15) is 0 Å². The van der Waals surface area contributed by atoms with Crippen LogP contribution in [-0.4, -0.2) is 13.4 Å². The van der Waals surface area contributed by atoms with E-state index in [1.54, 1.807) is 0 Å². The molecule has 0 aliphatic carbocycles. The van der Waals surface area contributed by atoms with Crippen molar-refractivity contribution < 1.29 is 17.6 Å². The topological polar surface area (TPSA) is 19.4 Å². The van der Waals surface area contributed by atoms with Crippen LogP contribution in [0, 0.1) is 0 Å². The molecule has 0 atom stereocenters. The first-order valence-corrected chi connectivity index (χ1v) is 30.9. The SMILES string of the molecule is FC(F)c1ccc(N2c3cc4c(cc3B3c5ccccc5N(c5ccccc5)c5cc(N(c6ccccc6)c6ccccc6)cc2c53)B2c3ccccc3N(c3ccccc3)c3cc(N(c5ccccc5)c5ccccc5)cc(c32)N4c2ccc(C(F)F)cc2)cc1. The Morgan fingerprint density at radius 1 is 0.228 bits per heavy atom. The van der Waals surface area contributed by atoms with E-state index in [0.717, 1.165) is 124 Å². The first-order chi connectivity index (χ1) is 45.3. The molecule has 0 saturated heterocycles. The van der Waals surface area contributed by atoms with Crippen LogP contribution in [0.3, 0.4) is 0 Å². The van der Waals surface area contributed by atoms with Gasteiger partial charge in [-0.3, -0.25) is 0 Å². The molecule has 0 unspecified atom stereocenters. The molecule has 4 aliphatic rings. The summed E-state index contributed by atoms with van der Waals surface area (Å²) >= 11 is 0. The number of alkyl halides is 4. The fraction of sp³-hybridized carbons (Fsp3) is 0.0250. The minimum absolute atomic E-state index is 0.0872. The summed E-state index contributed by atoms with van der Waals surface area (Å²) in [6.07, 6.45) is -5.38. The normalized spacial score (nSPS) is 13.1. The van der Waals surface area contributed by atoms with Crippen LogP contribution in [0.5, 0.6) is 0 Å². The zero-order valence-corrected chi connectivity index (χ0v) is 49.5. The van der Waals surface area contributed by atoms with Gasteiger partial charge in [0.1, 0.15) is 0 Å². The maximum Gasteiger partial charge on any atom is 0.263 e. The molecular formula is C80H54B2F4N6. The first-order valence-electron chi connectivity index (χ1n) is 30.9. The fourth-order valence-corrected chi connectivity index (χ4v) is 14.6. The average molecular weight is 1200 g/mol. The van der Waals surface area contributed by atoms with Crippen LogP contribution in [0.25, 0.3) is 0 Å². The predicted octanol–water partition coefficient (Wildman–Crippen LogP) is 18.7. The molecule has 0 radical (unpaired) electrons. The minimum atomic E-state index is -2.69. The Kier molecular flexibility index (Phi) is 13.2. The lowest BCUT2D eigenvalue weighted by molar-refractivity contribution is 0.151. The Balaban J connectivity index is 1.01. The molecule has 438 valence electrons. The Morgan fingerprint density at radius 3 is 0.815 bits per heavy atom. The van der Waals surface area contributed by atoms with Crippen molar-refractivity contribution in [2.24, 2.45) is 0 Å². The summed E-state index contributed by atoms with van der Waals surface area (Å²) in [5.74, 6) is 0. The van der Waals surface area contributed by atoms with Gasteiger partial charge in [0.2, 0.25) is 0 Å². The van der Waals surface area contributed by atoms with Gasteiger partial charge in [-0.05, 0) is 172 Å². The molecule has 13 aromatic carbocycles. The number of rotatable bonds is 12. The van der Waals surface area contributed by atoms with Gasteiger partial charge in [0.05, 0.1) is 11.4 Å². The Hall–Kier alpha value is -11.5. The Labute approximate surface area is 532 Å². The maximum atomic E-state index is 14.9. The van der Waals surface area contributed by atoms with Crippen molar-refractivity contribution in [3.8, 4) is 0 Å². The fourth-order valence-electron chi connectivity index (χ4n) is 14.6. The molecule has 0 fully saturated rings. The van der Waals surface area contributed by atoms with Crippen LogP contribution in [0.2, 0.25) is 0 Å². The molecule has 6 nitrogen and oxygen atoms in total. The third-order valence-electron chi connectivity index (χ3n) is 18.4. The Bertz CT molecular complexity index is 4530. The van der Waals surface area contributed by atoms with Gasteiger partial charge in [0.15, 0.2) is 0 Å². The predicted molar refractivity (Wildman–Crippen MR) is 374 cm³/mol. The molecule has 0 saturated carbocycles. The van der Waals surface area contributed by atoms with Gasteiger partial charge in [-0.25, -0.2) is 17.6 Å². The number of anilines is 18. The van der Waals surface area contributed by atoms with E-state index < -0.39 is 12.9 Å². The van der Waals surface area contributed by atoms with Crippen LogP contribution in [0.15, 0.2) is 315 Å². The van der Waals surface area contributed by atoms with Crippen LogP contribution in [-0.2, 0) is 0 Å². The van der Waals surface area contributed by atoms with Crippen molar-refractivity contribution in [2.45, 2.75) is 12.9 Å². The summed E-state index contributed by atoms with van der Waals surface area (Å²) in [7, 11) is 0. The standard InChI is InChI=1S/C80H54B2F4N6/c83-79(84)53-39-43-61(44-40-53)91-71-52-72-68(51-67(71)81-65-35-19-21-37-69(65)89(59-31-15-5-16-32-59)73-47-63(49-75(91)77(73)81)87(55-23-7-1-8-24-55)56-25-9-2-10-26-56)82-66-36-20-22-38-70(66)90(60-33-17-6-18-34-60)74-48-64(88(57-27-11-3-12-28-57)58-29-13-4-14-30-58)50-76(78(74)82)92(72)62-45-41-54(42-46-62)80(85)86/h1-52,79-80H. The molecule has 4 heterocycles. The molecule has 13 aromatic rings. The van der Waals surface area contributed by atoms with Gasteiger partial charge in [0, 0.05) is 102 Å². The summed E-state index contributed by atoms with van der Waals surface area (Å²) in [5, 5.41) is 0. The van der Waals surface area contributed by atoms with Gasteiger partial charge >= 0.3 is 0 Å². The molecule has 12 heteroatoms. The van der Waals surface area contributed by atoms with E-state index >= 15 is 0 Å². The molecule has 0 amide bonds. The van der Waals surface area contributed by atoms with E-state index in [9.17, 15) is 17.6 Å². The third kappa shape index (κ3) is 8.88. The van der Waals surface area contributed by atoms with Crippen molar-refractivity contribution in [3.63, 3.8) is 0 Å². The second-order valence-corrected chi connectivity index (χ2v) is 23.6. The third-order valence-corrected chi connectivity index (χ3v) is 18.4. The van der Waals surface area contributed by atoms with Crippen LogP contribution >= 0.6 is 0 Å². The van der Waals surface area contributed by atoms with Gasteiger partial charge in [-0.1, -0.05) is 176 Å². The molecule has 0 aromatic heterocycles. The van der Waals surface area contributed by atoms with Gasteiger partial charge in [-0.15, -0.1) is 0 Å². The highest BCUT2D eigenvalue weighted by molar-refractivity contribution is 7.03. The lowest BCUT2D eigenvalue weighted by Gasteiger charge is -2.48. The monoisotopic (exact) mass is 1200 g/mol. The lowest BCUT2D eigenvalue weighted by Crippen LogP contribution is -2.65. The highest BCUT2D eigenvalue weighted by atomic mass is 19.3. The molecule has 4 aliphatic heterocycles. The summed E-state index contributed by atoms with van der Waals surface area (Å²) < 4.78 is 59.6. The second kappa shape index (κ2) is 22.2. The van der Waals surface area contributed by atoms with E-state index in [1.165, 1.54) is 24.3 Å². The first kappa shape index (κ1) is 54.6.